The zero-order valence-electron chi connectivity index (χ0n) is 7.67. The average molecular weight is 248 g/mol. The zero-order valence-corrected chi connectivity index (χ0v) is 9.31. The molecule has 0 amide bonds. The van der Waals surface area contributed by atoms with Gasteiger partial charge in [-0.25, -0.2) is 0 Å². The van der Waals surface area contributed by atoms with Gasteiger partial charge in [0.2, 0.25) is 0 Å². The van der Waals surface area contributed by atoms with Crippen molar-refractivity contribution in [1.82, 2.24) is 0 Å². The van der Waals surface area contributed by atoms with Gasteiger partial charge in [-0.3, -0.25) is 8.42 Å². The van der Waals surface area contributed by atoms with Gasteiger partial charge in [0.1, 0.15) is 5.41 Å². The van der Waals surface area contributed by atoms with Gasteiger partial charge in [-0.1, -0.05) is 22.2 Å². The van der Waals surface area contributed by atoms with Crippen LogP contribution in [0.4, 0.5) is 0 Å². The predicted octanol–water partition coefficient (Wildman–Crippen LogP) is -0.442. The first-order chi connectivity index (χ1) is 6.95. The molecule has 0 radical (unpaired) electrons. The van der Waals surface area contributed by atoms with Gasteiger partial charge in [-0.05, 0) is 12.8 Å². The van der Waals surface area contributed by atoms with Crippen molar-refractivity contribution in [2.24, 2.45) is 5.41 Å². The fourth-order valence-corrected chi connectivity index (χ4v) is 1.92. The molecule has 0 saturated carbocycles. The molecule has 0 saturated heterocycles. The van der Waals surface area contributed by atoms with E-state index in [1.807, 2.05) is 0 Å². The summed E-state index contributed by atoms with van der Waals surface area (Å²) in [5.74, 6) is -0.654. The molecule has 2 atom stereocenters. The van der Waals surface area contributed by atoms with Crippen LogP contribution in [-0.2, 0) is 22.2 Å². The Morgan fingerprint density at radius 1 is 1.00 bits per heavy atom. The van der Waals surface area contributed by atoms with E-state index in [0.29, 0.717) is 0 Å². The zero-order chi connectivity index (χ0) is 11.9. The molecule has 0 fully saturated rings. The summed E-state index contributed by atoms with van der Waals surface area (Å²) in [6.07, 6.45) is -0.347. The molecular weight excluding hydrogens is 240 g/mol. The van der Waals surface area contributed by atoms with Gasteiger partial charge in [0.25, 0.3) is 0 Å². The Balaban J connectivity index is 4.47. The van der Waals surface area contributed by atoms with Crippen molar-refractivity contribution in [3.63, 3.8) is 0 Å². The third-order valence-electron chi connectivity index (χ3n) is 1.82. The normalized spacial score (nSPS) is 14.9. The van der Waals surface area contributed by atoms with Crippen LogP contribution in [0.5, 0.6) is 0 Å². The largest absolute Gasteiger partial charge is 0.772 e. The fourth-order valence-electron chi connectivity index (χ4n) is 0.889. The summed E-state index contributed by atoms with van der Waals surface area (Å²) in [6.45, 7) is 0. The summed E-state index contributed by atoms with van der Waals surface area (Å²) < 4.78 is 41.1. The van der Waals surface area contributed by atoms with E-state index in [-0.39, 0.29) is 24.3 Å². The van der Waals surface area contributed by atoms with Crippen molar-refractivity contribution < 1.29 is 17.5 Å². The second kappa shape index (κ2) is 6.64. The van der Waals surface area contributed by atoms with E-state index in [9.17, 15) is 17.5 Å². The number of hydrogen-bond acceptors (Lipinski definition) is 6. The quantitative estimate of drug-likeness (QED) is 0.586. The van der Waals surface area contributed by atoms with Gasteiger partial charge in [0.15, 0.2) is 0 Å². The van der Waals surface area contributed by atoms with Crippen LogP contribution >= 0.6 is 0 Å². The van der Waals surface area contributed by atoms with Crippen molar-refractivity contribution in [3.8, 4) is 12.1 Å². The first-order valence-electron chi connectivity index (χ1n) is 3.90. The van der Waals surface area contributed by atoms with Crippen LogP contribution in [0.1, 0.15) is 12.8 Å². The van der Waals surface area contributed by atoms with Gasteiger partial charge in [0, 0.05) is 11.5 Å². The van der Waals surface area contributed by atoms with Crippen molar-refractivity contribution in [1.29, 1.82) is 10.5 Å². The highest BCUT2D eigenvalue weighted by atomic mass is 32.2. The summed E-state index contributed by atoms with van der Waals surface area (Å²) in [5, 5.41) is 17.5. The molecule has 0 spiro atoms. The van der Waals surface area contributed by atoms with E-state index in [2.05, 4.69) is 0 Å². The molecule has 0 N–H and O–H groups in total. The first kappa shape index (κ1) is 14.2. The SMILES string of the molecule is N#CC(C#N)(CCS(=O)[O-])CCS(=O)[O-]. The molecule has 0 aromatic carbocycles. The Kier molecular flexibility index (Phi) is 6.29. The van der Waals surface area contributed by atoms with Crippen LogP contribution in [0.15, 0.2) is 0 Å². The van der Waals surface area contributed by atoms with Gasteiger partial charge >= 0.3 is 0 Å². The van der Waals surface area contributed by atoms with Crippen LogP contribution in [0.3, 0.4) is 0 Å². The molecule has 0 rings (SSSR count). The van der Waals surface area contributed by atoms with E-state index in [1.165, 1.54) is 0 Å². The molecule has 0 aliphatic carbocycles. The first-order valence-corrected chi connectivity index (χ1v) is 6.39. The maximum absolute atomic E-state index is 10.3. The highest BCUT2D eigenvalue weighted by molar-refractivity contribution is 7.79. The summed E-state index contributed by atoms with van der Waals surface area (Å²) in [5.41, 5.74) is -1.53. The molecule has 0 aliphatic heterocycles. The summed E-state index contributed by atoms with van der Waals surface area (Å²) >= 11 is -4.67. The van der Waals surface area contributed by atoms with E-state index in [0.717, 1.165) is 0 Å². The second-order valence-electron chi connectivity index (χ2n) is 2.82. The van der Waals surface area contributed by atoms with Crippen molar-refractivity contribution in [2.75, 3.05) is 11.5 Å². The van der Waals surface area contributed by atoms with Crippen LogP contribution in [0.25, 0.3) is 0 Å². The molecule has 84 valence electrons. The number of hydrogen-bond donors (Lipinski definition) is 0. The maximum atomic E-state index is 10.3. The topological polar surface area (TPSA) is 128 Å². The molecule has 0 aromatic rings. The van der Waals surface area contributed by atoms with Crippen LogP contribution in [0, 0.1) is 28.1 Å². The molecule has 0 aliphatic rings. The van der Waals surface area contributed by atoms with E-state index >= 15 is 0 Å². The lowest BCUT2D eigenvalue weighted by Crippen LogP contribution is -2.22. The highest BCUT2D eigenvalue weighted by Gasteiger charge is 2.29. The second-order valence-corrected chi connectivity index (χ2v) is 4.85. The fraction of sp³-hybridized carbons (Fsp3) is 0.714. The number of nitrogens with zero attached hydrogens (tertiary/aromatic N) is 2. The lowest BCUT2D eigenvalue weighted by molar-refractivity contribution is 0.463. The standard InChI is InChI=1S/C7H10N2O4S2/c8-5-7(6-9,1-3-14(10)11)2-4-15(12)13/h1-4H2,(H,10,11)(H,12,13)/p-2. The smallest absolute Gasteiger partial charge is 0.145 e. The number of rotatable bonds is 6. The Labute approximate surface area is 92.5 Å². The molecule has 2 unspecified atom stereocenters. The van der Waals surface area contributed by atoms with E-state index in [4.69, 9.17) is 10.5 Å². The van der Waals surface area contributed by atoms with Crippen molar-refractivity contribution in [3.05, 3.63) is 0 Å². The predicted molar refractivity (Wildman–Crippen MR) is 50.5 cm³/mol. The summed E-state index contributed by atoms with van der Waals surface area (Å²) in [7, 11) is 0. The lowest BCUT2D eigenvalue weighted by Gasteiger charge is -2.19. The van der Waals surface area contributed by atoms with Gasteiger partial charge in [-0.15, -0.1) is 0 Å². The van der Waals surface area contributed by atoms with Gasteiger partial charge in [-0.2, -0.15) is 10.5 Å². The third kappa shape index (κ3) is 5.60. The minimum absolute atomic E-state index is 0.173. The Morgan fingerprint density at radius 3 is 1.53 bits per heavy atom. The Hall–Kier alpha value is -0.800. The molecule has 0 aromatic heterocycles. The molecule has 6 nitrogen and oxygen atoms in total. The summed E-state index contributed by atoms with van der Waals surface area (Å²) in [4.78, 5) is 0. The minimum Gasteiger partial charge on any atom is -0.772 e. The van der Waals surface area contributed by atoms with E-state index < -0.39 is 27.6 Å². The average Bonchev–Trinajstić information content (AvgIpc) is 2.19. The monoisotopic (exact) mass is 248 g/mol. The molecular formula is C7H8N2O4S2-2. The molecule has 0 bridgehead atoms. The lowest BCUT2D eigenvalue weighted by atomic mass is 9.86. The minimum atomic E-state index is -2.34. The van der Waals surface area contributed by atoms with E-state index in [1.54, 1.807) is 12.1 Å². The van der Waals surface area contributed by atoms with Crippen LogP contribution < -0.4 is 0 Å². The molecule has 15 heavy (non-hydrogen) atoms. The molecule has 8 heteroatoms. The molecule has 0 heterocycles. The maximum Gasteiger partial charge on any atom is 0.145 e. The summed E-state index contributed by atoms with van der Waals surface area (Å²) in [6, 6.07) is 3.34. The Morgan fingerprint density at radius 2 is 1.33 bits per heavy atom. The van der Waals surface area contributed by atoms with Crippen molar-refractivity contribution >= 4 is 22.2 Å². The van der Waals surface area contributed by atoms with Gasteiger partial charge in [0.05, 0.1) is 12.1 Å². The number of nitriles is 2. The highest BCUT2D eigenvalue weighted by Crippen LogP contribution is 2.25. The third-order valence-corrected chi connectivity index (χ3v) is 2.89. The Bertz CT molecular complexity index is 310. The van der Waals surface area contributed by atoms with Crippen LogP contribution in [-0.4, -0.2) is 29.0 Å². The van der Waals surface area contributed by atoms with Crippen molar-refractivity contribution in [2.45, 2.75) is 12.8 Å². The van der Waals surface area contributed by atoms with Crippen LogP contribution in [0.2, 0.25) is 0 Å². The van der Waals surface area contributed by atoms with Gasteiger partial charge < -0.3 is 9.11 Å².